The topological polar surface area (TPSA) is 0 Å². The van der Waals surface area contributed by atoms with Gasteiger partial charge in [0.25, 0.3) is 0 Å². The van der Waals surface area contributed by atoms with Crippen molar-refractivity contribution in [3.63, 3.8) is 0 Å². The molecule has 0 saturated carbocycles. The monoisotopic (exact) mass is 191 g/mol. The summed E-state index contributed by atoms with van der Waals surface area (Å²) in [5.74, 6) is 1.96. The lowest BCUT2D eigenvalue weighted by Crippen LogP contribution is -2.05. The van der Waals surface area contributed by atoms with Crippen molar-refractivity contribution in [3.05, 3.63) is 29.2 Å². The van der Waals surface area contributed by atoms with E-state index in [0.717, 1.165) is 0 Å². The molecule has 14 heavy (non-hydrogen) atoms. The first kappa shape index (κ1) is 11.6. The van der Waals surface area contributed by atoms with E-state index in [9.17, 15) is 0 Å². The fourth-order valence-corrected chi connectivity index (χ4v) is 2.20. The Labute approximate surface area is 89.1 Å². The van der Waals surface area contributed by atoms with E-state index in [-0.39, 0.29) is 0 Å². The average molecular weight is 191 g/mol. The van der Waals surface area contributed by atoms with Crippen molar-refractivity contribution in [1.29, 1.82) is 0 Å². The molecule has 0 bridgehead atoms. The molecule has 0 aromatic rings. The zero-order chi connectivity index (χ0) is 10.9. The Morgan fingerprint density at radius 2 is 1.36 bits per heavy atom. The van der Waals surface area contributed by atoms with Gasteiger partial charge in [-0.1, -0.05) is 53.2 Å². The molecule has 0 heteroatoms. The molecule has 0 N–H and O–H groups in total. The van der Waals surface area contributed by atoms with Gasteiger partial charge in [0.05, 0.1) is 0 Å². The minimum atomic E-state index is 0.653. The lowest BCUT2D eigenvalue weighted by atomic mass is 9.86. The first-order valence-electron chi connectivity index (χ1n) is 5.74. The highest BCUT2D eigenvalue weighted by Gasteiger charge is 2.23. The third-order valence-corrected chi connectivity index (χ3v) is 2.89. The Hall–Kier alpha value is -0.520. The van der Waals surface area contributed by atoms with E-state index in [1.165, 1.54) is 0 Å². The Balaban J connectivity index is 3.04. The molecule has 0 aromatic carbocycles. The summed E-state index contributed by atoms with van der Waals surface area (Å²) in [6, 6.07) is 0. The third kappa shape index (κ3) is 2.10. The fraction of sp³-hybridized carbons (Fsp3) is 0.643. The van der Waals surface area contributed by atoms with Crippen LogP contribution in [0.25, 0.3) is 0 Å². The smallest absolute Gasteiger partial charge is 0.00921 e. The molecule has 0 fully saturated rings. The number of allylic oxidation sites excluding steroid dienone is 4. The summed E-state index contributed by atoms with van der Waals surface area (Å²) in [6.45, 7) is 13.7. The highest BCUT2D eigenvalue weighted by molar-refractivity contribution is 5.51. The van der Waals surface area contributed by atoms with Gasteiger partial charge in [0.1, 0.15) is 0 Å². The Morgan fingerprint density at radius 3 is 1.71 bits per heavy atom. The van der Waals surface area contributed by atoms with Crippen LogP contribution in [0, 0.1) is 24.2 Å². The zero-order valence-electron chi connectivity index (χ0n) is 10.4. The van der Waals surface area contributed by atoms with Crippen molar-refractivity contribution < 1.29 is 0 Å². The molecular formula is C14H23. The standard InChI is InChI=1S/C14H23/c1-9(2)12-7-8-13(10(3)4)14(12)11(5)6/h7-11H,1-6H3. The molecule has 0 heterocycles. The van der Waals surface area contributed by atoms with E-state index in [2.05, 4.69) is 54.0 Å². The van der Waals surface area contributed by atoms with Gasteiger partial charge in [0, 0.05) is 6.42 Å². The first-order chi connectivity index (χ1) is 6.45. The van der Waals surface area contributed by atoms with E-state index in [1.54, 1.807) is 16.7 Å². The molecule has 0 aromatic heterocycles. The number of hydrogen-bond donors (Lipinski definition) is 0. The SMILES string of the molecule is CC(C)C1=C[CH]C(C(C)C)=C1C(C)C. The van der Waals surface area contributed by atoms with Gasteiger partial charge in [-0.2, -0.15) is 0 Å². The third-order valence-electron chi connectivity index (χ3n) is 2.89. The summed E-state index contributed by atoms with van der Waals surface area (Å²) < 4.78 is 0. The molecule has 0 spiro atoms. The fourth-order valence-electron chi connectivity index (χ4n) is 2.20. The number of hydrogen-bond acceptors (Lipinski definition) is 0. The molecule has 0 amide bonds. The van der Waals surface area contributed by atoms with Crippen LogP contribution in [0.2, 0.25) is 0 Å². The normalized spacial score (nSPS) is 17.6. The van der Waals surface area contributed by atoms with E-state index in [4.69, 9.17) is 0 Å². The van der Waals surface area contributed by atoms with Crippen LogP contribution >= 0.6 is 0 Å². The first-order valence-corrected chi connectivity index (χ1v) is 5.74. The molecule has 0 aliphatic heterocycles. The summed E-state index contributed by atoms with van der Waals surface area (Å²) in [5.41, 5.74) is 4.68. The van der Waals surface area contributed by atoms with Crippen LogP contribution in [0.1, 0.15) is 41.5 Å². The van der Waals surface area contributed by atoms with Crippen molar-refractivity contribution in [1.82, 2.24) is 0 Å². The molecule has 0 unspecified atom stereocenters. The van der Waals surface area contributed by atoms with Crippen LogP contribution in [-0.4, -0.2) is 0 Å². The molecule has 1 aliphatic rings. The van der Waals surface area contributed by atoms with Crippen molar-refractivity contribution in [3.8, 4) is 0 Å². The summed E-state index contributed by atoms with van der Waals surface area (Å²) in [7, 11) is 0. The van der Waals surface area contributed by atoms with Crippen molar-refractivity contribution >= 4 is 0 Å². The lowest BCUT2D eigenvalue weighted by molar-refractivity contribution is 0.678. The van der Waals surface area contributed by atoms with Gasteiger partial charge in [-0.05, 0) is 28.9 Å². The second kappa shape index (κ2) is 4.33. The molecule has 1 rings (SSSR count). The van der Waals surface area contributed by atoms with Crippen LogP contribution in [0.3, 0.4) is 0 Å². The molecule has 79 valence electrons. The highest BCUT2D eigenvalue weighted by atomic mass is 14.3. The maximum absolute atomic E-state index is 2.31. The van der Waals surface area contributed by atoms with Crippen LogP contribution in [0.5, 0.6) is 0 Å². The lowest BCUT2D eigenvalue weighted by Gasteiger charge is -2.19. The average Bonchev–Trinajstić information content (AvgIpc) is 2.46. The van der Waals surface area contributed by atoms with Gasteiger partial charge in [0.2, 0.25) is 0 Å². The largest absolute Gasteiger partial charge is 0.0726 e. The van der Waals surface area contributed by atoms with Crippen molar-refractivity contribution in [2.24, 2.45) is 17.8 Å². The maximum Gasteiger partial charge on any atom is 0.00921 e. The van der Waals surface area contributed by atoms with Crippen molar-refractivity contribution in [2.75, 3.05) is 0 Å². The predicted octanol–water partition coefficient (Wildman–Crippen LogP) is 4.40. The second-order valence-electron chi connectivity index (χ2n) is 5.12. The predicted molar refractivity (Wildman–Crippen MR) is 63.9 cm³/mol. The van der Waals surface area contributed by atoms with E-state index >= 15 is 0 Å². The molecular weight excluding hydrogens is 168 g/mol. The van der Waals surface area contributed by atoms with Crippen LogP contribution in [0.4, 0.5) is 0 Å². The molecule has 0 saturated heterocycles. The van der Waals surface area contributed by atoms with Crippen LogP contribution < -0.4 is 0 Å². The second-order valence-corrected chi connectivity index (χ2v) is 5.12. The molecule has 0 nitrogen and oxygen atoms in total. The Kier molecular flexibility index (Phi) is 3.58. The number of rotatable bonds is 3. The van der Waals surface area contributed by atoms with E-state index < -0.39 is 0 Å². The Morgan fingerprint density at radius 1 is 0.786 bits per heavy atom. The molecule has 0 atom stereocenters. The minimum Gasteiger partial charge on any atom is -0.0726 e. The van der Waals surface area contributed by atoms with Gasteiger partial charge >= 0.3 is 0 Å². The quantitative estimate of drug-likeness (QED) is 0.620. The summed E-state index contributed by atoms with van der Waals surface area (Å²) in [5, 5.41) is 0. The van der Waals surface area contributed by atoms with Crippen molar-refractivity contribution in [2.45, 2.75) is 41.5 Å². The maximum atomic E-state index is 2.31. The van der Waals surface area contributed by atoms with Crippen LogP contribution in [0.15, 0.2) is 22.8 Å². The molecule has 1 radical (unpaired) electrons. The summed E-state index contributed by atoms with van der Waals surface area (Å²) in [6.07, 6.45) is 4.63. The highest BCUT2D eigenvalue weighted by Crippen LogP contribution is 2.38. The minimum absolute atomic E-state index is 0.653. The van der Waals surface area contributed by atoms with Gasteiger partial charge < -0.3 is 0 Å². The van der Waals surface area contributed by atoms with Gasteiger partial charge in [-0.15, -0.1) is 0 Å². The van der Waals surface area contributed by atoms with Crippen LogP contribution in [-0.2, 0) is 0 Å². The van der Waals surface area contributed by atoms with Gasteiger partial charge in [-0.25, -0.2) is 0 Å². The van der Waals surface area contributed by atoms with E-state index in [1.807, 2.05) is 0 Å². The summed E-state index contributed by atoms with van der Waals surface area (Å²) >= 11 is 0. The Bertz CT molecular complexity index is 262. The molecule has 1 aliphatic carbocycles. The summed E-state index contributed by atoms with van der Waals surface area (Å²) in [4.78, 5) is 0. The zero-order valence-corrected chi connectivity index (χ0v) is 10.4. The van der Waals surface area contributed by atoms with Gasteiger partial charge in [0.15, 0.2) is 0 Å². The van der Waals surface area contributed by atoms with E-state index in [0.29, 0.717) is 17.8 Å². The van der Waals surface area contributed by atoms with Gasteiger partial charge in [-0.3, -0.25) is 0 Å².